The first-order valence-corrected chi connectivity index (χ1v) is 29.3. The Labute approximate surface area is 462 Å². The van der Waals surface area contributed by atoms with Crippen molar-refractivity contribution in [3.8, 4) is 34.4 Å². The van der Waals surface area contributed by atoms with Gasteiger partial charge in [0.25, 0.3) is 0 Å². The highest BCUT2D eigenvalue weighted by Gasteiger charge is 2.61. The Bertz CT molecular complexity index is 3200. The highest BCUT2D eigenvalue weighted by atomic mass is 35.5. The molecule has 0 bridgehead atoms. The molecule has 3 fully saturated rings. The third-order valence-corrected chi connectivity index (χ3v) is 15.9. The van der Waals surface area contributed by atoms with Crippen molar-refractivity contribution in [3.05, 3.63) is 101 Å². The van der Waals surface area contributed by atoms with Gasteiger partial charge in [-0.05, 0) is 118 Å². The van der Waals surface area contributed by atoms with Crippen LogP contribution in [0.3, 0.4) is 0 Å². The number of ketones is 1. The fourth-order valence-corrected chi connectivity index (χ4v) is 11.6. The summed E-state index contributed by atoms with van der Waals surface area (Å²) in [6.45, 7) is 13.5. The summed E-state index contributed by atoms with van der Waals surface area (Å²) < 4.78 is 76.6. The molecule has 4 N–H and O–H groups in total. The summed E-state index contributed by atoms with van der Waals surface area (Å²) in [5.41, 5.74) is -0.486. The van der Waals surface area contributed by atoms with Crippen LogP contribution in [0.2, 0.25) is 10.0 Å². The number of aromatic nitrogens is 2. The van der Waals surface area contributed by atoms with Crippen LogP contribution in [0.4, 0.5) is 5.13 Å². The summed E-state index contributed by atoms with van der Waals surface area (Å²) in [6.07, 6.45) is 3.64. The minimum absolute atomic E-state index is 0.0264. The van der Waals surface area contributed by atoms with E-state index in [0.717, 1.165) is 30.8 Å². The SMILES string of the molecule is C=C[C@@H]1C[C@]1(CC(=O)[C@@H]1C[C@@H](Oc2cc(-c3csc(NC(C)C)n3)nc3cc(OC)ccc23)CN1C(=O)[C@@H](CC(=O)OC1CCCC1)C(C)(C)C)C(=O)NS(=O)(=O)Oc1ccc(Cl)cc1.NS(=O)(=O)Oc1ccc(Cl)cc1. The van der Waals surface area contributed by atoms with E-state index in [9.17, 15) is 36.0 Å². The third kappa shape index (κ3) is 15.6. The van der Waals surface area contributed by atoms with Crippen LogP contribution in [-0.2, 0) is 44.5 Å². The average molecular weight is 1160 g/mol. The first kappa shape index (κ1) is 58.6. The Balaban J connectivity index is 0.000000633. The van der Waals surface area contributed by atoms with E-state index in [1.165, 1.54) is 70.8 Å². The number of hydrogen-bond donors (Lipinski definition) is 3. The normalized spacial score (nSPS) is 19.9. The standard InChI is InChI=1S/C47H56ClN5O10S2.C6H6ClNO3S/c1-8-28-23-47(28,44(57)52-65(58,59)63-31-15-13-29(48)14-16-31)24-40(54)39-20-33(25-53(39)43(56)35(46(4,5)6)21-42(55)62-30-11-9-10-12-30)61-41-22-37(38-26-64-45(51-38)49-27(2)3)50-36-19-32(60-7)17-18-34(36)41;7-5-1-3-6(4-2-5)11-12(8,9)10/h8,13-19,22,26-28,30,33,35,39H,1,9-12,20-21,23-25H2,2-7H3,(H,49,51)(H,52,57);1-4H,(H2,8,9,10)/t28-,33-,35-,39+,47-;/m1./s1. The largest absolute Gasteiger partial charge is 0.497 e. The van der Waals surface area contributed by atoms with Crippen LogP contribution in [0.1, 0.15) is 86.0 Å². The van der Waals surface area contributed by atoms with E-state index in [1.807, 2.05) is 50.8 Å². The Morgan fingerprint density at radius 1 is 0.896 bits per heavy atom. The summed E-state index contributed by atoms with van der Waals surface area (Å²) in [4.78, 5) is 68.3. The first-order chi connectivity index (χ1) is 36.2. The number of allylic oxidation sites excluding steroid dienone is 1. The molecule has 8 rings (SSSR count). The number of amides is 2. The molecule has 3 heterocycles. The van der Waals surface area contributed by atoms with Crippen LogP contribution < -0.4 is 33.0 Å². The number of methoxy groups -OCH3 is 1. The zero-order valence-corrected chi connectivity index (χ0v) is 47.3. The molecule has 0 radical (unpaired) electrons. The monoisotopic (exact) mass is 1160 g/mol. The molecule has 1 aliphatic heterocycles. The molecule has 5 aromatic rings. The van der Waals surface area contributed by atoms with Crippen molar-refractivity contribution in [2.75, 3.05) is 19.0 Å². The lowest BCUT2D eigenvalue weighted by atomic mass is 9.77. The number of nitrogens with one attached hydrogen (secondary N) is 2. The molecule has 2 saturated carbocycles. The smallest absolute Gasteiger partial charge is 0.409 e. The van der Waals surface area contributed by atoms with Gasteiger partial charge in [0.05, 0.1) is 48.7 Å². The fraction of sp³-hybridized carbons (Fsp3) is 0.434. The molecule has 2 aliphatic carbocycles. The van der Waals surface area contributed by atoms with Gasteiger partial charge in [-0.3, -0.25) is 19.2 Å². The lowest BCUT2D eigenvalue weighted by molar-refractivity contribution is -0.156. The minimum atomic E-state index is -4.68. The summed E-state index contributed by atoms with van der Waals surface area (Å²) in [7, 11) is -7.05. The van der Waals surface area contributed by atoms with Crippen LogP contribution in [0.15, 0.2) is 90.8 Å². The number of carbonyl (C=O) groups is 4. The van der Waals surface area contributed by atoms with Crippen LogP contribution in [0.5, 0.6) is 23.0 Å². The van der Waals surface area contributed by atoms with Gasteiger partial charge in [0.15, 0.2) is 10.9 Å². The topological polar surface area (TPSA) is 262 Å². The zero-order valence-electron chi connectivity index (χ0n) is 43.3. The number of esters is 1. The molecule has 3 aromatic carbocycles. The molecule has 24 heteroatoms. The van der Waals surface area contributed by atoms with Crippen molar-refractivity contribution in [2.24, 2.45) is 27.8 Å². The highest BCUT2D eigenvalue weighted by molar-refractivity contribution is 7.85. The number of pyridine rings is 1. The lowest BCUT2D eigenvalue weighted by Gasteiger charge is -2.35. The van der Waals surface area contributed by atoms with Gasteiger partial charge in [0.2, 0.25) is 11.8 Å². The van der Waals surface area contributed by atoms with Crippen molar-refractivity contribution in [3.63, 3.8) is 0 Å². The number of rotatable bonds is 20. The number of benzene rings is 3. The van der Waals surface area contributed by atoms with E-state index in [4.69, 9.17) is 51.6 Å². The van der Waals surface area contributed by atoms with Crippen molar-refractivity contribution in [2.45, 2.75) is 110 Å². The summed E-state index contributed by atoms with van der Waals surface area (Å²) in [5, 5.41) is 12.1. The molecule has 414 valence electrons. The number of hydrogen-bond acceptors (Lipinski definition) is 17. The molecule has 1 saturated heterocycles. The van der Waals surface area contributed by atoms with Gasteiger partial charge in [-0.1, -0.05) is 50.0 Å². The van der Waals surface area contributed by atoms with Gasteiger partial charge < -0.3 is 32.8 Å². The second-order valence-corrected chi connectivity index (χ2v) is 24.7. The highest BCUT2D eigenvalue weighted by Crippen LogP contribution is 2.57. The van der Waals surface area contributed by atoms with E-state index in [1.54, 1.807) is 25.3 Å². The van der Waals surface area contributed by atoms with E-state index in [0.29, 0.717) is 43.8 Å². The number of Topliss-reactive ketones (excluding diaryl/α,β-unsaturated/α-hetero) is 1. The van der Waals surface area contributed by atoms with Crippen molar-refractivity contribution in [1.82, 2.24) is 19.6 Å². The van der Waals surface area contributed by atoms with Crippen LogP contribution in [-0.4, -0.2) is 93.2 Å². The molecule has 5 atom stereocenters. The number of fused-ring (bicyclic) bond motifs is 1. The molecule has 2 amide bonds. The number of likely N-dealkylation sites (tertiary alicyclic amines) is 1. The predicted octanol–water partition coefficient (Wildman–Crippen LogP) is 9.24. The summed E-state index contributed by atoms with van der Waals surface area (Å²) in [5.74, 6) is -2.65. The van der Waals surface area contributed by atoms with E-state index < -0.39 is 85.4 Å². The van der Waals surface area contributed by atoms with Gasteiger partial charge in [-0.2, -0.15) is 22.0 Å². The predicted molar refractivity (Wildman–Crippen MR) is 293 cm³/mol. The zero-order chi connectivity index (χ0) is 56.0. The van der Waals surface area contributed by atoms with Crippen molar-refractivity contribution in [1.29, 1.82) is 0 Å². The van der Waals surface area contributed by atoms with Crippen LogP contribution in [0.25, 0.3) is 22.3 Å². The Kier molecular flexibility index (Phi) is 18.5. The second-order valence-electron chi connectivity index (χ2n) is 20.5. The van der Waals surface area contributed by atoms with E-state index in [-0.39, 0.29) is 49.5 Å². The number of anilines is 1. The van der Waals surface area contributed by atoms with Crippen molar-refractivity contribution >= 4 is 94.7 Å². The maximum Gasteiger partial charge on any atom is 0.409 e. The third-order valence-electron chi connectivity index (χ3n) is 13.3. The van der Waals surface area contributed by atoms with Crippen LogP contribution >= 0.6 is 34.5 Å². The molecular formula is C53H62Cl2N6O13S3. The Hall–Kier alpha value is -6.04. The molecular weight excluding hydrogens is 1100 g/mol. The fourth-order valence-electron chi connectivity index (χ4n) is 9.31. The number of carbonyl (C=O) groups excluding carboxylic acids is 4. The number of ether oxygens (including phenoxy) is 3. The molecule has 2 aromatic heterocycles. The molecule has 0 unspecified atom stereocenters. The Morgan fingerprint density at radius 3 is 2.09 bits per heavy atom. The summed E-state index contributed by atoms with van der Waals surface area (Å²) in [6, 6.07) is 17.6. The molecule has 77 heavy (non-hydrogen) atoms. The van der Waals surface area contributed by atoms with E-state index >= 15 is 0 Å². The quantitative estimate of drug-likeness (QED) is 0.0484. The molecule has 19 nitrogen and oxygen atoms in total. The molecule has 3 aliphatic rings. The number of nitrogens with two attached hydrogens (primary N) is 1. The van der Waals surface area contributed by atoms with E-state index in [2.05, 4.69) is 21.2 Å². The Morgan fingerprint density at radius 2 is 1.52 bits per heavy atom. The summed E-state index contributed by atoms with van der Waals surface area (Å²) >= 11 is 12.9. The average Bonchev–Trinajstić information content (AvgIpc) is 3.91. The van der Waals surface area contributed by atoms with Crippen molar-refractivity contribution < 1.29 is 58.6 Å². The number of halogens is 2. The molecule has 0 spiro atoms. The maximum atomic E-state index is 15.0. The second kappa shape index (κ2) is 24.3. The van der Waals surface area contributed by atoms with Gasteiger partial charge in [0.1, 0.15) is 40.9 Å². The van der Waals surface area contributed by atoms with Crippen LogP contribution in [0, 0.1) is 22.7 Å². The van der Waals surface area contributed by atoms with Gasteiger partial charge in [-0.25, -0.2) is 14.7 Å². The van der Waals surface area contributed by atoms with Gasteiger partial charge in [-0.15, -0.1) is 17.9 Å². The first-order valence-electron chi connectivity index (χ1n) is 24.8. The minimum Gasteiger partial charge on any atom is -0.497 e. The van der Waals surface area contributed by atoms with Gasteiger partial charge in [0, 0.05) is 51.8 Å². The lowest BCUT2D eigenvalue weighted by Crippen LogP contribution is -2.48. The van der Waals surface area contributed by atoms with Gasteiger partial charge >= 0.3 is 26.6 Å². The maximum absolute atomic E-state index is 15.0. The number of thiazole rings is 1. The number of nitrogens with zero attached hydrogens (tertiary/aromatic N) is 3.